The highest BCUT2D eigenvalue weighted by molar-refractivity contribution is 5.69. The van der Waals surface area contributed by atoms with Crippen LogP contribution in [-0.4, -0.2) is 56.9 Å². The zero-order valence-electron chi connectivity index (χ0n) is 11.3. The predicted octanol–water partition coefficient (Wildman–Crippen LogP) is -0.738. The van der Waals surface area contributed by atoms with Gasteiger partial charge in [0.05, 0.1) is 12.4 Å². The molecule has 0 radical (unpaired) electrons. The lowest BCUT2D eigenvalue weighted by Crippen LogP contribution is -2.18. The first-order chi connectivity index (χ1) is 10.5. The van der Waals surface area contributed by atoms with Crippen LogP contribution in [-0.2, 0) is 20.9 Å². The summed E-state index contributed by atoms with van der Waals surface area (Å²) < 4.78 is 11.3. The number of aliphatic carboxylic acids is 2. The SMILES string of the molecule is N=N/C(=C\NCC(=O)O)OCCOc1cn(CC(=O)O)nn1. The first kappa shape index (κ1) is 16.9. The minimum Gasteiger partial charge on any atom is -0.480 e. The highest BCUT2D eigenvalue weighted by Gasteiger charge is 2.05. The van der Waals surface area contributed by atoms with E-state index in [1.807, 2.05) is 0 Å². The fourth-order valence-electron chi connectivity index (χ4n) is 1.19. The fraction of sp³-hybridized carbons (Fsp3) is 0.400. The van der Waals surface area contributed by atoms with Crippen molar-refractivity contribution >= 4 is 11.9 Å². The maximum atomic E-state index is 10.4. The van der Waals surface area contributed by atoms with E-state index >= 15 is 0 Å². The van der Waals surface area contributed by atoms with E-state index in [1.54, 1.807) is 0 Å². The summed E-state index contributed by atoms with van der Waals surface area (Å²) in [5.41, 5.74) is 6.84. The molecule has 0 saturated heterocycles. The van der Waals surface area contributed by atoms with Crippen LogP contribution in [0.1, 0.15) is 0 Å². The van der Waals surface area contributed by atoms with Crippen LogP contribution in [0.4, 0.5) is 0 Å². The number of nitrogens with one attached hydrogen (secondary N) is 2. The molecular formula is C10H14N6O6. The predicted molar refractivity (Wildman–Crippen MR) is 68.0 cm³/mol. The Morgan fingerprint density at radius 2 is 2.18 bits per heavy atom. The zero-order valence-corrected chi connectivity index (χ0v) is 11.3. The van der Waals surface area contributed by atoms with Crippen LogP contribution >= 0.6 is 0 Å². The Labute approximate surface area is 123 Å². The molecule has 1 aromatic heterocycles. The molecule has 0 atom stereocenters. The van der Waals surface area contributed by atoms with Crippen molar-refractivity contribution in [3.63, 3.8) is 0 Å². The molecule has 12 nitrogen and oxygen atoms in total. The Morgan fingerprint density at radius 1 is 1.41 bits per heavy atom. The van der Waals surface area contributed by atoms with Gasteiger partial charge in [-0.15, -0.1) is 5.11 Å². The van der Waals surface area contributed by atoms with Gasteiger partial charge in [-0.3, -0.25) is 9.59 Å². The number of hydrogen-bond acceptors (Lipinski definition) is 9. The van der Waals surface area contributed by atoms with Crippen molar-refractivity contribution in [3.8, 4) is 5.88 Å². The normalized spacial score (nSPS) is 10.8. The average molecular weight is 314 g/mol. The van der Waals surface area contributed by atoms with Crippen molar-refractivity contribution in [3.05, 3.63) is 18.3 Å². The Kier molecular flexibility index (Phi) is 6.81. The van der Waals surface area contributed by atoms with Crippen LogP contribution in [0.3, 0.4) is 0 Å². The second-order valence-corrected chi connectivity index (χ2v) is 3.71. The molecule has 1 rings (SSSR count). The molecule has 0 unspecified atom stereocenters. The van der Waals surface area contributed by atoms with E-state index in [0.29, 0.717) is 0 Å². The molecule has 12 heteroatoms. The first-order valence-corrected chi connectivity index (χ1v) is 5.91. The fourth-order valence-corrected chi connectivity index (χ4v) is 1.19. The lowest BCUT2D eigenvalue weighted by Gasteiger charge is -2.05. The summed E-state index contributed by atoms with van der Waals surface area (Å²) in [7, 11) is 0. The number of carboxylic acids is 2. The van der Waals surface area contributed by atoms with Gasteiger partial charge in [-0.25, -0.2) is 10.2 Å². The smallest absolute Gasteiger partial charge is 0.325 e. The quantitative estimate of drug-likeness (QED) is 0.233. The van der Waals surface area contributed by atoms with Crippen molar-refractivity contribution < 1.29 is 29.3 Å². The van der Waals surface area contributed by atoms with E-state index < -0.39 is 11.9 Å². The van der Waals surface area contributed by atoms with Crippen LogP contribution in [0.5, 0.6) is 5.88 Å². The molecule has 0 spiro atoms. The van der Waals surface area contributed by atoms with E-state index in [-0.39, 0.29) is 38.1 Å². The molecule has 22 heavy (non-hydrogen) atoms. The van der Waals surface area contributed by atoms with Gasteiger partial charge in [0.25, 0.3) is 5.88 Å². The summed E-state index contributed by atoms with van der Waals surface area (Å²) in [6.07, 6.45) is 2.46. The Morgan fingerprint density at radius 3 is 2.82 bits per heavy atom. The number of aromatic nitrogens is 3. The van der Waals surface area contributed by atoms with Gasteiger partial charge in [0, 0.05) is 0 Å². The molecule has 4 N–H and O–H groups in total. The van der Waals surface area contributed by atoms with Gasteiger partial charge in [-0.1, -0.05) is 10.3 Å². The zero-order chi connectivity index (χ0) is 16.4. The third-order valence-electron chi connectivity index (χ3n) is 1.99. The van der Waals surface area contributed by atoms with Crippen LogP contribution in [0.25, 0.3) is 0 Å². The Hall–Kier alpha value is -3.18. The number of carbonyl (C=O) groups is 2. The second-order valence-electron chi connectivity index (χ2n) is 3.71. The van der Waals surface area contributed by atoms with E-state index in [4.69, 9.17) is 25.2 Å². The molecule has 1 aromatic rings. The van der Waals surface area contributed by atoms with Gasteiger partial charge >= 0.3 is 11.9 Å². The molecule has 0 fully saturated rings. The Bertz CT molecular complexity index is 556. The summed E-state index contributed by atoms with van der Waals surface area (Å²) in [6.45, 7) is -0.579. The van der Waals surface area contributed by atoms with Crippen LogP contribution in [0, 0.1) is 5.53 Å². The van der Waals surface area contributed by atoms with Gasteiger partial charge in [-0.2, -0.15) is 0 Å². The largest absolute Gasteiger partial charge is 0.480 e. The monoisotopic (exact) mass is 314 g/mol. The van der Waals surface area contributed by atoms with Crippen molar-refractivity contribution in [2.45, 2.75) is 6.54 Å². The highest BCUT2D eigenvalue weighted by atomic mass is 16.5. The van der Waals surface area contributed by atoms with Crippen LogP contribution in [0.2, 0.25) is 0 Å². The minimum absolute atomic E-state index is 0.0226. The molecule has 0 aliphatic carbocycles. The number of nitrogens with zero attached hydrogens (tertiary/aromatic N) is 4. The summed E-state index contributed by atoms with van der Waals surface area (Å²) in [4.78, 5) is 20.7. The summed E-state index contributed by atoms with van der Waals surface area (Å²) >= 11 is 0. The first-order valence-electron chi connectivity index (χ1n) is 5.91. The Balaban J connectivity index is 2.28. The number of rotatable bonds is 11. The number of ether oxygens (including phenoxy) is 2. The minimum atomic E-state index is -1.06. The molecule has 0 saturated carbocycles. The molecule has 0 amide bonds. The van der Waals surface area contributed by atoms with E-state index in [9.17, 15) is 9.59 Å². The van der Waals surface area contributed by atoms with E-state index in [0.717, 1.165) is 10.9 Å². The van der Waals surface area contributed by atoms with Crippen LogP contribution in [0.15, 0.2) is 23.4 Å². The lowest BCUT2D eigenvalue weighted by molar-refractivity contribution is -0.138. The van der Waals surface area contributed by atoms with Crippen molar-refractivity contribution in [2.24, 2.45) is 5.11 Å². The van der Waals surface area contributed by atoms with E-state index in [2.05, 4.69) is 20.7 Å². The average Bonchev–Trinajstić information content (AvgIpc) is 2.87. The molecule has 1 heterocycles. The van der Waals surface area contributed by atoms with Crippen LogP contribution < -0.4 is 10.1 Å². The third-order valence-corrected chi connectivity index (χ3v) is 1.99. The third kappa shape index (κ3) is 6.83. The maximum absolute atomic E-state index is 10.4. The topological polar surface area (TPSA) is 172 Å². The molecule has 0 bridgehead atoms. The second kappa shape index (κ2) is 8.89. The summed E-state index contributed by atoms with van der Waals surface area (Å²) in [5.74, 6) is -2.10. The standard InChI is InChI=1S/C10H14N6O6/c11-13-7(3-12-4-9(17)18)21-1-2-22-8-5-16(15-14-8)6-10(19)20/h3,5,11-12H,1-2,4,6H2,(H,17,18)(H,19,20)/b7-3+,13-11?. The number of carboxylic acid groups (broad SMARTS) is 2. The molecule has 0 aliphatic heterocycles. The van der Waals surface area contributed by atoms with Crippen molar-refractivity contribution in [1.82, 2.24) is 20.3 Å². The highest BCUT2D eigenvalue weighted by Crippen LogP contribution is 2.04. The van der Waals surface area contributed by atoms with Gasteiger partial charge in [0.1, 0.15) is 26.3 Å². The maximum Gasteiger partial charge on any atom is 0.325 e. The van der Waals surface area contributed by atoms with Crippen molar-refractivity contribution in [2.75, 3.05) is 19.8 Å². The molecule has 0 aromatic carbocycles. The van der Waals surface area contributed by atoms with Crippen molar-refractivity contribution in [1.29, 1.82) is 5.53 Å². The number of hydrogen-bond donors (Lipinski definition) is 4. The van der Waals surface area contributed by atoms with Gasteiger partial charge < -0.3 is 25.0 Å². The lowest BCUT2D eigenvalue weighted by atomic mass is 10.6. The van der Waals surface area contributed by atoms with Gasteiger partial charge in [0.2, 0.25) is 5.88 Å². The molecule has 120 valence electrons. The van der Waals surface area contributed by atoms with Gasteiger partial charge in [-0.05, 0) is 0 Å². The molecular weight excluding hydrogens is 300 g/mol. The van der Waals surface area contributed by atoms with Gasteiger partial charge in [0.15, 0.2) is 0 Å². The van der Waals surface area contributed by atoms with E-state index in [1.165, 1.54) is 6.20 Å². The molecule has 0 aliphatic rings. The summed E-state index contributed by atoms with van der Waals surface area (Å²) in [5, 5.41) is 29.5. The summed E-state index contributed by atoms with van der Waals surface area (Å²) in [6, 6.07) is 0.